The summed E-state index contributed by atoms with van der Waals surface area (Å²) in [6, 6.07) is 12.2. The number of sulfonamides is 1. The lowest BCUT2D eigenvalue weighted by Crippen LogP contribution is -2.38. The first-order chi connectivity index (χ1) is 14.3. The first-order valence-corrected chi connectivity index (χ1v) is 12.6. The number of carbonyl (C=O) groups is 1. The number of hydrogen-bond acceptors (Lipinski definition) is 7. The van der Waals surface area contributed by atoms with Gasteiger partial charge in [-0.2, -0.15) is 0 Å². The fraction of sp³-hybridized carbons (Fsp3) is 0.167. The van der Waals surface area contributed by atoms with Crippen molar-refractivity contribution >= 4 is 73.0 Å². The van der Waals surface area contributed by atoms with Gasteiger partial charge in [-0.3, -0.25) is 14.4 Å². The van der Waals surface area contributed by atoms with Crippen molar-refractivity contribution in [2.75, 3.05) is 21.9 Å². The Morgan fingerprint density at radius 1 is 1.13 bits per heavy atom. The maximum Gasteiger partial charge on any atom is 0.264 e. The molecule has 1 aromatic heterocycles. The third-order valence-electron chi connectivity index (χ3n) is 3.67. The first-order valence-electron chi connectivity index (χ1n) is 8.59. The normalized spacial score (nSPS) is 11.3. The van der Waals surface area contributed by atoms with Crippen LogP contribution >= 0.6 is 46.3 Å². The van der Waals surface area contributed by atoms with E-state index in [4.69, 9.17) is 23.2 Å². The molecular weight excluding hydrogens is 487 g/mol. The summed E-state index contributed by atoms with van der Waals surface area (Å²) in [4.78, 5) is 12.7. The molecule has 7 nitrogen and oxygen atoms in total. The minimum Gasteiger partial charge on any atom is -0.299 e. The summed E-state index contributed by atoms with van der Waals surface area (Å²) < 4.78 is 28.2. The van der Waals surface area contributed by atoms with E-state index >= 15 is 0 Å². The lowest BCUT2D eigenvalue weighted by molar-refractivity contribution is -0.114. The second-order valence-corrected chi connectivity index (χ2v) is 11.0. The molecule has 1 amide bonds. The summed E-state index contributed by atoms with van der Waals surface area (Å²) >= 11 is 14.8. The molecular formula is C18H16Cl2N4O3S3. The van der Waals surface area contributed by atoms with E-state index in [1.807, 2.05) is 6.92 Å². The Morgan fingerprint density at radius 2 is 1.80 bits per heavy atom. The van der Waals surface area contributed by atoms with Crippen LogP contribution in [-0.4, -0.2) is 36.8 Å². The zero-order chi connectivity index (χ0) is 21.7. The molecule has 3 rings (SSSR count). The molecule has 2 aromatic carbocycles. The summed E-state index contributed by atoms with van der Waals surface area (Å²) in [5, 5.41) is 11.3. The van der Waals surface area contributed by atoms with Crippen molar-refractivity contribution < 1.29 is 13.2 Å². The number of nitrogens with one attached hydrogen (secondary N) is 1. The lowest BCUT2D eigenvalue weighted by Gasteiger charge is -2.24. The topological polar surface area (TPSA) is 92.3 Å². The monoisotopic (exact) mass is 502 g/mol. The van der Waals surface area contributed by atoms with E-state index in [1.54, 1.807) is 18.2 Å². The van der Waals surface area contributed by atoms with Crippen molar-refractivity contribution in [1.29, 1.82) is 0 Å². The lowest BCUT2D eigenvalue weighted by atomic mass is 10.3. The van der Waals surface area contributed by atoms with Gasteiger partial charge in [0.2, 0.25) is 11.0 Å². The van der Waals surface area contributed by atoms with Crippen LogP contribution in [0.2, 0.25) is 10.0 Å². The minimum atomic E-state index is -4.06. The molecule has 12 heteroatoms. The molecule has 0 bridgehead atoms. The van der Waals surface area contributed by atoms with Gasteiger partial charge in [0.25, 0.3) is 10.0 Å². The van der Waals surface area contributed by atoms with Crippen molar-refractivity contribution in [3.8, 4) is 0 Å². The summed E-state index contributed by atoms with van der Waals surface area (Å²) in [5.74, 6) is 0.246. The Hall–Kier alpha value is -1.85. The van der Waals surface area contributed by atoms with E-state index in [-0.39, 0.29) is 25.8 Å². The fourth-order valence-corrected chi connectivity index (χ4v) is 6.05. The summed E-state index contributed by atoms with van der Waals surface area (Å²) in [6.45, 7) is 1.48. The van der Waals surface area contributed by atoms with Crippen LogP contribution < -0.4 is 9.62 Å². The van der Waals surface area contributed by atoms with Crippen molar-refractivity contribution in [2.24, 2.45) is 0 Å². The molecule has 0 saturated carbocycles. The van der Waals surface area contributed by atoms with Gasteiger partial charge < -0.3 is 0 Å². The Bertz CT molecular complexity index is 1120. The second-order valence-electron chi connectivity index (χ2n) is 5.81. The van der Waals surface area contributed by atoms with Gasteiger partial charge in [-0.1, -0.05) is 71.4 Å². The second kappa shape index (κ2) is 9.97. The van der Waals surface area contributed by atoms with Crippen LogP contribution in [0.25, 0.3) is 0 Å². The number of halogens is 2. The van der Waals surface area contributed by atoms with Gasteiger partial charge >= 0.3 is 0 Å². The van der Waals surface area contributed by atoms with E-state index in [1.165, 1.54) is 53.4 Å². The summed E-state index contributed by atoms with van der Waals surface area (Å²) in [5.41, 5.74) is 0.172. The maximum atomic E-state index is 13.3. The largest absolute Gasteiger partial charge is 0.299 e. The number of hydrogen-bond donors (Lipinski definition) is 1. The molecule has 0 radical (unpaired) electrons. The first kappa shape index (κ1) is 22.8. The summed E-state index contributed by atoms with van der Waals surface area (Å²) in [7, 11) is -4.06. The zero-order valence-corrected chi connectivity index (χ0v) is 19.5. The highest BCUT2D eigenvalue weighted by atomic mass is 35.5. The molecule has 1 heterocycles. The van der Waals surface area contributed by atoms with Crippen LogP contribution in [0, 0.1) is 0 Å². The van der Waals surface area contributed by atoms with Gasteiger partial charge in [0, 0.05) is 10.0 Å². The van der Waals surface area contributed by atoms with Crippen LogP contribution in [-0.2, 0) is 14.8 Å². The van der Waals surface area contributed by atoms with Gasteiger partial charge in [-0.05, 0) is 36.1 Å². The van der Waals surface area contributed by atoms with Crippen molar-refractivity contribution in [3.05, 3.63) is 58.6 Å². The van der Waals surface area contributed by atoms with Crippen molar-refractivity contribution in [3.63, 3.8) is 0 Å². The fourth-order valence-electron chi connectivity index (χ4n) is 2.45. The molecule has 0 saturated heterocycles. The number of anilines is 2. The maximum absolute atomic E-state index is 13.3. The third kappa shape index (κ3) is 5.64. The standard InChI is InChI=1S/C18H16Cl2N4O3S3/c1-2-28-18-23-22-17(29-18)21-16(25)11-24(14-9-12(19)8-13(20)10-14)30(26,27)15-6-4-3-5-7-15/h3-10H,2,11H2,1H3,(H,21,22,25). The van der Waals surface area contributed by atoms with E-state index in [9.17, 15) is 13.2 Å². The Balaban J connectivity index is 1.92. The molecule has 30 heavy (non-hydrogen) atoms. The van der Waals surface area contributed by atoms with E-state index in [2.05, 4.69) is 15.5 Å². The molecule has 158 valence electrons. The average molecular weight is 503 g/mol. The van der Waals surface area contributed by atoms with Crippen LogP contribution in [0.3, 0.4) is 0 Å². The van der Waals surface area contributed by atoms with Crippen molar-refractivity contribution in [1.82, 2.24) is 10.2 Å². The van der Waals surface area contributed by atoms with E-state index in [0.717, 1.165) is 10.1 Å². The number of rotatable bonds is 8. The number of thioether (sulfide) groups is 1. The highest BCUT2D eigenvalue weighted by Crippen LogP contribution is 2.30. The van der Waals surface area contributed by atoms with Crippen LogP contribution in [0.5, 0.6) is 0 Å². The molecule has 0 aliphatic heterocycles. The SMILES string of the molecule is CCSc1nnc(NC(=O)CN(c2cc(Cl)cc(Cl)c2)S(=O)(=O)c2ccccc2)s1. The third-order valence-corrected chi connectivity index (χ3v) is 7.75. The highest BCUT2D eigenvalue weighted by Gasteiger charge is 2.28. The smallest absolute Gasteiger partial charge is 0.264 e. The van der Waals surface area contributed by atoms with E-state index in [0.29, 0.717) is 4.34 Å². The predicted octanol–water partition coefficient (Wildman–Crippen LogP) is 4.79. The molecule has 0 aliphatic rings. The predicted molar refractivity (Wildman–Crippen MR) is 122 cm³/mol. The molecule has 0 fully saturated rings. The number of nitrogens with zero attached hydrogens (tertiary/aromatic N) is 3. The van der Waals surface area contributed by atoms with Crippen molar-refractivity contribution in [2.45, 2.75) is 16.2 Å². The van der Waals surface area contributed by atoms with Crippen LogP contribution in [0.15, 0.2) is 57.8 Å². The Labute approximate surface area is 192 Å². The molecule has 0 unspecified atom stereocenters. The Morgan fingerprint density at radius 3 is 2.43 bits per heavy atom. The number of benzene rings is 2. The minimum absolute atomic E-state index is 0.0337. The quantitative estimate of drug-likeness (QED) is 0.351. The summed E-state index contributed by atoms with van der Waals surface area (Å²) in [6.07, 6.45) is 0. The zero-order valence-electron chi connectivity index (χ0n) is 15.6. The van der Waals surface area contributed by atoms with Gasteiger partial charge in [0.15, 0.2) is 4.34 Å². The number of amides is 1. The van der Waals surface area contributed by atoms with Gasteiger partial charge in [-0.25, -0.2) is 8.42 Å². The molecule has 3 aromatic rings. The molecule has 0 spiro atoms. The number of carbonyl (C=O) groups excluding carboxylic acids is 1. The number of aromatic nitrogens is 2. The van der Waals surface area contributed by atoms with Gasteiger partial charge in [-0.15, -0.1) is 10.2 Å². The molecule has 0 aliphatic carbocycles. The average Bonchev–Trinajstić information content (AvgIpc) is 3.13. The molecule has 1 N–H and O–H groups in total. The highest BCUT2D eigenvalue weighted by molar-refractivity contribution is 8.01. The van der Waals surface area contributed by atoms with Gasteiger partial charge in [0.05, 0.1) is 10.6 Å². The van der Waals surface area contributed by atoms with E-state index < -0.39 is 22.5 Å². The Kier molecular flexibility index (Phi) is 7.59. The molecule has 0 atom stereocenters. The van der Waals surface area contributed by atoms with Crippen LogP contribution in [0.1, 0.15) is 6.92 Å². The van der Waals surface area contributed by atoms with Crippen LogP contribution in [0.4, 0.5) is 10.8 Å². The van der Waals surface area contributed by atoms with Gasteiger partial charge in [0.1, 0.15) is 6.54 Å².